The Balaban J connectivity index is 1.82. The number of nitrogens with zero attached hydrogens (tertiary/aromatic N) is 5. The molecule has 0 fully saturated rings. The lowest BCUT2D eigenvalue weighted by atomic mass is 10.2. The maximum absolute atomic E-state index is 11.0. The molecule has 0 atom stereocenters. The molecular formula is C14H10ClN5O2S. The highest BCUT2D eigenvalue weighted by atomic mass is 35.5. The molecule has 0 bridgehead atoms. The van der Waals surface area contributed by atoms with Crippen molar-refractivity contribution in [1.82, 2.24) is 20.2 Å². The summed E-state index contributed by atoms with van der Waals surface area (Å²) in [5, 5.41) is 23.8. The first-order valence-corrected chi connectivity index (χ1v) is 7.91. The van der Waals surface area contributed by atoms with Crippen molar-refractivity contribution in [3.05, 3.63) is 69.2 Å². The van der Waals surface area contributed by atoms with Gasteiger partial charge in [0, 0.05) is 22.4 Å². The van der Waals surface area contributed by atoms with Gasteiger partial charge in [-0.15, -0.1) is 5.10 Å². The van der Waals surface area contributed by atoms with E-state index in [0.717, 1.165) is 5.69 Å². The van der Waals surface area contributed by atoms with Crippen LogP contribution in [0.15, 0.2) is 53.7 Å². The van der Waals surface area contributed by atoms with Crippen LogP contribution in [0.5, 0.6) is 0 Å². The standard InChI is InChI=1S/C14H10ClN5O2S/c15-11-5-7-12(8-6-11)19-14(16-17-18-19)23-9-10-3-1-2-4-13(10)20(21)22/h1-8H,9H2. The second kappa shape index (κ2) is 6.76. The van der Waals surface area contributed by atoms with Crippen molar-refractivity contribution < 1.29 is 4.92 Å². The second-order valence-corrected chi connectivity index (χ2v) is 5.90. The first-order chi connectivity index (χ1) is 11.1. The Morgan fingerprint density at radius 3 is 2.65 bits per heavy atom. The minimum absolute atomic E-state index is 0.0884. The van der Waals surface area contributed by atoms with E-state index in [0.29, 0.717) is 21.5 Å². The van der Waals surface area contributed by atoms with E-state index in [1.807, 2.05) is 0 Å². The summed E-state index contributed by atoms with van der Waals surface area (Å²) in [4.78, 5) is 10.7. The minimum atomic E-state index is -0.391. The predicted molar refractivity (Wildman–Crippen MR) is 86.8 cm³/mol. The summed E-state index contributed by atoms with van der Waals surface area (Å²) in [5.74, 6) is 0.394. The van der Waals surface area contributed by atoms with Crippen LogP contribution in [0.3, 0.4) is 0 Å². The third kappa shape index (κ3) is 3.49. The Hall–Kier alpha value is -2.45. The molecule has 0 unspecified atom stereocenters. The molecule has 2 aromatic carbocycles. The number of hydrogen-bond acceptors (Lipinski definition) is 6. The fourth-order valence-electron chi connectivity index (χ4n) is 1.97. The minimum Gasteiger partial charge on any atom is -0.258 e. The monoisotopic (exact) mass is 347 g/mol. The largest absolute Gasteiger partial charge is 0.273 e. The average molecular weight is 348 g/mol. The maximum Gasteiger partial charge on any atom is 0.273 e. The first kappa shape index (κ1) is 15.4. The molecule has 0 aliphatic rings. The number of nitro groups is 1. The lowest BCUT2D eigenvalue weighted by Gasteiger charge is -2.05. The number of hydrogen-bond donors (Lipinski definition) is 0. The molecule has 0 aliphatic heterocycles. The molecule has 0 aliphatic carbocycles. The van der Waals surface area contributed by atoms with Gasteiger partial charge < -0.3 is 0 Å². The molecule has 0 amide bonds. The van der Waals surface area contributed by atoms with Crippen LogP contribution in [0.25, 0.3) is 5.69 Å². The van der Waals surface area contributed by atoms with Gasteiger partial charge in [0.2, 0.25) is 5.16 Å². The maximum atomic E-state index is 11.0. The van der Waals surface area contributed by atoms with E-state index in [1.54, 1.807) is 47.1 Å². The predicted octanol–water partition coefficient (Wildman–Crippen LogP) is 3.52. The van der Waals surface area contributed by atoms with Crippen LogP contribution in [-0.4, -0.2) is 25.1 Å². The van der Waals surface area contributed by atoms with Crippen LogP contribution >= 0.6 is 23.4 Å². The fraction of sp³-hybridized carbons (Fsp3) is 0.0714. The molecule has 0 saturated heterocycles. The normalized spacial score (nSPS) is 10.7. The number of nitro benzene ring substituents is 1. The van der Waals surface area contributed by atoms with E-state index >= 15 is 0 Å². The number of tetrazole rings is 1. The molecule has 23 heavy (non-hydrogen) atoms. The van der Waals surface area contributed by atoms with Gasteiger partial charge in [0.15, 0.2) is 0 Å². The van der Waals surface area contributed by atoms with Crippen molar-refractivity contribution in [3.8, 4) is 5.69 Å². The smallest absolute Gasteiger partial charge is 0.258 e. The van der Waals surface area contributed by atoms with E-state index < -0.39 is 4.92 Å². The Labute approximate surface area is 140 Å². The zero-order valence-electron chi connectivity index (χ0n) is 11.7. The topological polar surface area (TPSA) is 86.7 Å². The summed E-state index contributed by atoms with van der Waals surface area (Å²) in [5.41, 5.74) is 1.48. The molecule has 1 aromatic heterocycles. The van der Waals surface area contributed by atoms with Gasteiger partial charge in [-0.05, 0) is 34.7 Å². The molecule has 1 heterocycles. The molecule has 7 nitrogen and oxygen atoms in total. The van der Waals surface area contributed by atoms with Crippen LogP contribution in [0, 0.1) is 10.1 Å². The number of thioether (sulfide) groups is 1. The van der Waals surface area contributed by atoms with Gasteiger partial charge in [0.05, 0.1) is 10.6 Å². The van der Waals surface area contributed by atoms with Gasteiger partial charge in [-0.3, -0.25) is 10.1 Å². The van der Waals surface area contributed by atoms with E-state index in [9.17, 15) is 10.1 Å². The summed E-state index contributed by atoms with van der Waals surface area (Å²) >= 11 is 7.20. The van der Waals surface area contributed by atoms with Crippen LogP contribution in [-0.2, 0) is 5.75 Å². The van der Waals surface area contributed by atoms with E-state index in [2.05, 4.69) is 15.5 Å². The molecule has 3 aromatic rings. The van der Waals surface area contributed by atoms with Gasteiger partial charge in [0.1, 0.15) is 0 Å². The van der Waals surface area contributed by atoms with Crippen molar-refractivity contribution in [2.24, 2.45) is 0 Å². The molecule has 0 radical (unpaired) electrons. The highest BCUT2D eigenvalue weighted by Gasteiger charge is 2.15. The lowest BCUT2D eigenvalue weighted by molar-refractivity contribution is -0.385. The first-order valence-electron chi connectivity index (χ1n) is 6.54. The zero-order valence-corrected chi connectivity index (χ0v) is 13.2. The molecule has 0 saturated carbocycles. The van der Waals surface area contributed by atoms with Gasteiger partial charge in [0.25, 0.3) is 5.69 Å². The Kier molecular flexibility index (Phi) is 4.54. The van der Waals surface area contributed by atoms with Crippen LogP contribution < -0.4 is 0 Å². The van der Waals surface area contributed by atoms with Gasteiger partial charge >= 0.3 is 0 Å². The van der Waals surface area contributed by atoms with Crippen molar-refractivity contribution in [2.45, 2.75) is 10.9 Å². The summed E-state index contributed by atoms with van der Waals surface area (Å²) in [6.45, 7) is 0. The average Bonchev–Trinajstić information content (AvgIpc) is 3.02. The zero-order chi connectivity index (χ0) is 16.2. The molecular weight excluding hydrogens is 338 g/mol. The third-order valence-corrected chi connectivity index (χ3v) is 4.28. The number of aromatic nitrogens is 4. The molecule has 3 rings (SSSR count). The SMILES string of the molecule is O=[N+]([O-])c1ccccc1CSc1nnnn1-c1ccc(Cl)cc1. The lowest BCUT2D eigenvalue weighted by Crippen LogP contribution is -1.99. The van der Waals surface area contributed by atoms with Crippen molar-refractivity contribution in [3.63, 3.8) is 0 Å². The number of halogens is 1. The molecule has 116 valence electrons. The summed E-state index contributed by atoms with van der Waals surface area (Å²) in [7, 11) is 0. The van der Waals surface area contributed by atoms with Gasteiger partial charge in [-0.25, -0.2) is 0 Å². The summed E-state index contributed by atoms with van der Waals surface area (Å²) in [6.07, 6.45) is 0. The molecule has 0 N–H and O–H groups in total. The highest BCUT2D eigenvalue weighted by Crippen LogP contribution is 2.27. The third-order valence-electron chi connectivity index (χ3n) is 3.06. The van der Waals surface area contributed by atoms with Crippen molar-refractivity contribution in [1.29, 1.82) is 0 Å². The van der Waals surface area contributed by atoms with E-state index in [1.165, 1.54) is 17.8 Å². The summed E-state index contributed by atoms with van der Waals surface area (Å²) < 4.78 is 1.57. The molecule has 0 spiro atoms. The van der Waals surface area contributed by atoms with Gasteiger partial charge in [-0.1, -0.05) is 41.6 Å². The highest BCUT2D eigenvalue weighted by molar-refractivity contribution is 7.98. The Morgan fingerprint density at radius 2 is 1.91 bits per heavy atom. The van der Waals surface area contributed by atoms with Crippen molar-refractivity contribution in [2.75, 3.05) is 0 Å². The van der Waals surface area contributed by atoms with Crippen LogP contribution in [0.4, 0.5) is 5.69 Å². The molecule has 9 heteroatoms. The fourth-order valence-corrected chi connectivity index (χ4v) is 2.98. The van der Waals surface area contributed by atoms with Crippen LogP contribution in [0.1, 0.15) is 5.56 Å². The Bertz CT molecular complexity index is 837. The second-order valence-electron chi connectivity index (χ2n) is 4.52. The number of benzene rings is 2. The van der Waals surface area contributed by atoms with Crippen molar-refractivity contribution >= 4 is 29.1 Å². The van der Waals surface area contributed by atoms with E-state index in [-0.39, 0.29) is 5.69 Å². The van der Waals surface area contributed by atoms with E-state index in [4.69, 9.17) is 11.6 Å². The number of rotatable bonds is 5. The Morgan fingerprint density at radius 1 is 1.17 bits per heavy atom. The van der Waals surface area contributed by atoms with Gasteiger partial charge in [-0.2, -0.15) is 4.68 Å². The van der Waals surface area contributed by atoms with Crippen LogP contribution in [0.2, 0.25) is 5.02 Å². The summed E-state index contributed by atoms with van der Waals surface area (Å²) in [6, 6.07) is 13.7. The quantitative estimate of drug-likeness (QED) is 0.398. The number of para-hydroxylation sites is 1.